The lowest BCUT2D eigenvalue weighted by atomic mass is 9.44. The number of hydrogen-bond acceptors (Lipinski definition) is 4. The second kappa shape index (κ2) is 11.1. The number of hydrogen-bond donors (Lipinski definition) is 1. The van der Waals surface area contributed by atoms with Crippen LogP contribution in [-0.2, 0) is 14.2 Å². The van der Waals surface area contributed by atoms with Gasteiger partial charge in [0.05, 0.1) is 18.3 Å². The zero-order valence-electron chi connectivity index (χ0n) is 27.0. The molecule has 1 N–H and O–H groups in total. The van der Waals surface area contributed by atoms with Crippen LogP contribution in [0, 0.1) is 52.3 Å². The van der Waals surface area contributed by atoms with E-state index in [1.807, 2.05) is 13.8 Å². The number of rotatable bonds is 7. The summed E-state index contributed by atoms with van der Waals surface area (Å²) in [4.78, 5) is 0. The smallest absolute Gasteiger partial charge is 0.163 e. The van der Waals surface area contributed by atoms with E-state index in [1.54, 1.807) is 0 Å². The molecule has 0 amide bonds. The second-order valence-electron chi connectivity index (χ2n) is 17.0. The third kappa shape index (κ3) is 5.26. The number of ether oxygens (including phenoxy) is 3. The molecular weight excluding hydrogens is 496 g/mol. The van der Waals surface area contributed by atoms with E-state index in [0.717, 1.165) is 60.7 Å². The van der Waals surface area contributed by atoms with E-state index < -0.39 is 11.9 Å². The van der Waals surface area contributed by atoms with Crippen LogP contribution in [0.1, 0.15) is 138 Å². The largest absolute Gasteiger partial charge is 0.388 e. The van der Waals surface area contributed by atoms with Gasteiger partial charge in [0, 0.05) is 0 Å². The molecule has 1 heterocycles. The molecule has 0 aromatic heterocycles. The van der Waals surface area contributed by atoms with Gasteiger partial charge in [-0.05, 0) is 137 Å². The minimum Gasteiger partial charge on any atom is -0.388 e. The highest BCUT2D eigenvalue weighted by molar-refractivity contribution is 5.10. The first-order valence-electron chi connectivity index (χ1n) is 17.6. The van der Waals surface area contributed by atoms with Crippen molar-refractivity contribution >= 4 is 0 Å². The maximum atomic E-state index is 11.2. The van der Waals surface area contributed by atoms with Crippen molar-refractivity contribution < 1.29 is 19.3 Å². The molecule has 13 atom stereocenters. The van der Waals surface area contributed by atoms with Gasteiger partial charge in [0.2, 0.25) is 0 Å². The predicted molar refractivity (Wildman–Crippen MR) is 161 cm³/mol. The summed E-state index contributed by atoms with van der Waals surface area (Å²) >= 11 is 0. The second-order valence-corrected chi connectivity index (χ2v) is 17.0. The van der Waals surface area contributed by atoms with Crippen LogP contribution in [0.25, 0.3) is 0 Å². The van der Waals surface area contributed by atoms with E-state index in [1.165, 1.54) is 70.6 Å². The van der Waals surface area contributed by atoms with Gasteiger partial charge in [-0.15, -0.1) is 0 Å². The summed E-state index contributed by atoms with van der Waals surface area (Å²) in [6, 6.07) is 0. The molecule has 0 radical (unpaired) electrons. The summed E-state index contributed by atoms with van der Waals surface area (Å²) in [7, 11) is 0. The van der Waals surface area contributed by atoms with Crippen molar-refractivity contribution in [3.05, 3.63) is 0 Å². The van der Waals surface area contributed by atoms with Gasteiger partial charge in [0.25, 0.3) is 0 Å². The van der Waals surface area contributed by atoms with Gasteiger partial charge in [0.1, 0.15) is 12.2 Å². The molecule has 4 nitrogen and oxygen atoms in total. The Labute approximate surface area is 246 Å². The van der Waals surface area contributed by atoms with Crippen molar-refractivity contribution in [2.24, 2.45) is 52.3 Å². The van der Waals surface area contributed by atoms with E-state index in [-0.39, 0.29) is 24.4 Å². The molecule has 40 heavy (non-hydrogen) atoms. The predicted octanol–water partition coefficient (Wildman–Crippen LogP) is 8.54. The molecule has 0 spiro atoms. The van der Waals surface area contributed by atoms with Gasteiger partial charge >= 0.3 is 0 Å². The number of fused-ring (bicyclic) bond motifs is 6. The third-order valence-electron chi connectivity index (χ3n) is 13.9. The van der Waals surface area contributed by atoms with Crippen molar-refractivity contribution in [1.29, 1.82) is 0 Å². The molecule has 5 aliphatic carbocycles. The molecule has 1 aliphatic heterocycles. The lowest BCUT2D eigenvalue weighted by molar-refractivity contribution is -0.184. The SMILES string of the molecule is CC(C)CCC[C@@H](C)[C@H]1CC[C@H]2[C@@H]3CC[C@H]4CC(O[C@@H]5CC[C@@H]6OC(C)(C)O[C@@H]6[C@H]5O)CC[C@]4(C)[C@H]3CC[C@]12C. The molecule has 0 aromatic rings. The van der Waals surface area contributed by atoms with Gasteiger partial charge < -0.3 is 19.3 Å². The van der Waals surface area contributed by atoms with Crippen molar-refractivity contribution in [2.75, 3.05) is 0 Å². The van der Waals surface area contributed by atoms with Gasteiger partial charge in [-0.2, -0.15) is 0 Å². The van der Waals surface area contributed by atoms with Crippen LogP contribution in [0.3, 0.4) is 0 Å². The van der Waals surface area contributed by atoms with Gasteiger partial charge in [-0.3, -0.25) is 0 Å². The summed E-state index contributed by atoms with van der Waals surface area (Å²) in [5.74, 6) is 5.68. The van der Waals surface area contributed by atoms with E-state index >= 15 is 0 Å². The Kier molecular flexibility index (Phi) is 8.28. The number of aliphatic hydroxyl groups is 1. The molecule has 6 aliphatic rings. The Morgan fingerprint density at radius 1 is 0.800 bits per heavy atom. The zero-order valence-corrected chi connectivity index (χ0v) is 27.0. The molecule has 0 aromatic carbocycles. The lowest BCUT2D eigenvalue weighted by Gasteiger charge is -2.61. The van der Waals surface area contributed by atoms with Crippen LogP contribution in [0.4, 0.5) is 0 Å². The van der Waals surface area contributed by atoms with E-state index in [0.29, 0.717) is 10.8 Å². The Bertz CT molecular complexity index is 886. The molecule has 1 saturated heterocycles. The Balaban J connectivity index is 1.06. The normalized spacial score (nSPS) is 50.6. The fourth-order valence-electron chi connectivity index (χ4n) is 11.8. The van der Waals surface area contributed by atoms with E-state index in [9.17, 15) is 5.11 Å². The molecule has 6 fully saturated rings. The van der Waals surface area contributed by atoms with Crippen molar-refractivity contribution in [1.82, 2.24) is 0 Å². The van der Waals surface area contributed by atoms with Gasteiger partial charge in [-0.1, -0.05) is 53.9 Å². The fraction of sp³-hybridized carbons (Fsp3) is 1.00. The van der Waals surface area contributed by atoms with Crippen LogP contribution in [0.5, 0.6) is 0 Å². The maximum Gasteiger partial charge on any atom is 0.163 e. The average Bonchev–Trinajstić information content (AvgIpc) is 3.41. The maximum absolute atomic E-state index is 11.2. The van der Waals surface area contributed by atoms with Gasteiger partial charge in [-0.25, -0.2) is 0 Å². The van der Waals surface area contributed by atoms with Crippen molar-refractivity contribution in [2.45, 2.75) is 175 Å². The summed E-state index contributed by atoms with van der Waals surface area (Å²) in [5, 5.41) is 11.2. The first-order chi connectivity index (χ1) is 18.9. The standard InChI is InChI=1S/C36H62O4/c1-22(2)9-8-10-23(3)27-13-14-28-26-12-11-24-21-25(17-19-35(24,6)29(26)18-20-36(27,28)7)38-30-15-16-31-33(32(30)37)40-34(4,5)39-31/h22-33,37H,8-21H2,1-7H3/t23-,24+,25?,26+,27-,28+,29+,30-,31+,32+,33+,35+,36-/m1/s1. The van der Waals surface area contributed by atoms with Crippen LogP contribution < -0.4 is 0 Å². The highest BCUT2D eigenvalue weighted by Crippen LogP contribution is 2.68. The molecule has 6 rings (SSSR count). The highest BCUT2D eigenvalue weighted by atomic mass is 16.8. The van der Waals surface area contributed by atoms with Crippen molar-refractivity contribution in [3.63, 3.8) is 0 Å². The third-order valence-corrected chi connectivity index (χ3v) is 13.9. The summed E-state index contributed by atoms with van der Waals surface area (Å²) < 4.78 is 18.9. The van der Waals surface area contributed by atoms with E-state index in [2.05, 4.69) is 34.6 Å². The average molecular weight is 559 g/mol. The summed E-state index contributed by atoms with van der Waals surface area (Å²) in [5.41, 5.74) is 1.06. The monoisotopic (exact) mass is 558 g/mol. The zero-order chi connectivity index (χ0) is 28.4. The van der Waals surface area contributed by atoms with Crippen LogP contribution in [-0.4, -0.2) is 41.4 Å². The molecule has 5 saturated carbocycles. The van der Waals surface area contributed by atoms with Crippen LogP contribution in [0.2, 0.25) is 0 Å². The number of aliphatic hydroxyl groups excluding tert-OH is 1. The lowest BCUT2D eigenvalue weighted by Crippen LogP contribution is -2.55. The first kappa shape index (κ1) is 29.9. The fourth-order valence-corrected chi connectivity index (χ4v) is 11.8. The minimum atomic E-state index is -0.600. The Morgan fingerprint density at radius 3 is 2.33 bits per heavy atom. The van der Waals surface area contributed by atoms with Crippen molar-refractivity contribution in [3.8, 4) is 0 Å². The Morgan fingerprint density at radius 2 is 1.55 bits per heavy atom. The molecule has 230 valence electrons. The molecule has 1 unspecified atom stereocenters. The summed E-state index contributed by atoms with van der Waals surface area (Å²) in [6.45, 7) is 16.7. The quantitative estimate of drug-likeness (QED) is 0.340. The summed E-state index contributed by atoms with van der Waals surface area (Å²) in [6.07, 6.45) is 17.8. The Hall–Kier alpha value is -0.160. The topological polar surface area (TPSA) is 47.9 Å². The molecule has 4 heteroatoms. The highest BCUT2D eigenvalue weighted by Gasteiger charge is 2.61. The van der Waals surface area contributed by atoms with E-state index in [4.69, 9.17) is 14.2 Å². The van der Waals surface area contributed by atoms with Gasteiger partial charge in [0.15, 0.2) is 5.79 Å². The van der Waals surface area contributed by atoms with Crippen LogP contribution >= 0.6 is 0 Å². The molecular formula is C36H62O4. The first-order valence-corrected chi connectivity index (χ1v) is 17.6. The minimum absolute atomic E-state index is 0.00461. The molecule has 0 bridgehead atoms. The van der Waals surface area contributed by atoms with Crippen LogP contribution in [0.15, 0.2) is 0 Å².